The number of aliphatic hydroxyl groups is 1. The van der Waals surface area contributed by atoms with Gasteiger partial charge in [-0.2, -0.15) is 0 Å². The Labute approximate surface area is 115 Å². The second kappa shape index (κ2) is 6.06. The zero-order chi connectivity index (χ0) is 13.1. The van der Waals surface area contributed by atoms with Crippen molar-refractivity contribution in [3.05, 3.63) is 35.4 Å². The van der Waals surface area contributed by atoms with Crippen molar-refractivity contribution in [1.29, 1.82) is 0 Å². The maximum atomic E-state index is 10.2. The number of rotatable bonds is 6. The molecule has 1 aliphatic heterocycles. The lowest BCUT2D eigenvalue weighted by molar-refractivity contribution is 0.0945. The van der Waals surface area contributed by atoms with Gasteiger partial charge in [0, 0.05) is 6.61 Å². The van der Waals surface area contributed by atoms with Crippen molar-refractivity contribution in [2.75, 3.05) is 6.61 Å². The van der Waals surface area contributed by atoms with E-state index < -0.39 is 0 Å². The predicted molar refractivity (Wildman–Crippen MR) is 76.2 cm³/mol. The van der Waals surface area contributed by atoms with Gasteiger partial charge in [-0.1, -0.05) is 24.3 Å². The van der Waals surface area contributed by atoms with Crippen LogP contribution in [0, 0.1) is 0 Å². The highest BCUT2D eigenvalue weighted by Crippen LogP contribution is 2.40. The van der Waals surface area contributed by atoms with Gasteiger partial charge in [0.1, 0.15) is 0 Å². The molecule has 104 valence electrons. The summed E-state index contributed by atoms with van der Waals surface area (Å²) in [5.41, 5.74) is 2.51. The SMILES string of the molecule is OC(CCCC1CCCO1)c1ccc(C2CC2)cc1. The van der Waals surface area contributed by atoms with Gasteiger partial charge in [-0.3, -0.25) is 0 Å². The first-order valence-corrected chi connectivity index (χ1v) is 7.72. The number of ether oxygens (including phenoxy) is 1. The third-order valence-electron chi connectivity index (χ3n) is 4.40. The van der Waals surface area contributed by atoms with Gasteiger partial charge < -0.3 is 9.84 Å². The summed E-state index contributed by atoms with van der Waals surface area (Å²) in [7, 11) is 0. The van der Waals surface area contributed by atoms with E-state index >= 15 is 0 Å². The van der Waals surface area contributed by atoms with E-state index in [4.69, 9.17) is 4.74 Å². The monoisotopic (exact) mass is 260 g/mol. The van der Waals surface area contributed by atoms with Crippen molar-refractivity contribution in [3.63, 3.8) is 0 Å². The molecule has 3 rings (SSSR count). The fourth-order valence-electron chi connectivity index (χ4n) is 2.98. The number of hydrogen-bond acceptors (Lipinski definition) is 2. The van der Waals surface area contributed by atoms with E-state index in [1.807, 2.05) is 0 Å². The number of benzene rings is 1. The first-order chi connectivity index (χ1) is 9.33. The van der Waals surface area contributed by atoms with Crippen LogP contribution in [0.1, 0.15) is 68.1 Å². The molecule has 1 saturated carbocycles. The lowest BCUT2D eigenvalue weighted by Crippen LogP contribution is -2.06. The normalized spacial score (nSPS) is 24.6. The van der Waals surface area contributed by atoms with E-state index in [1.165, 1.54) is 31.2 Å². The molecule has 1 heterocycles. The van der Waals surface area contributed by atoms with Crippen LogP contribution in [-0.4, -0.2) is 17.8 Å². The first-order valence-electron chi connectivity index (χ1n) is 7.72. The van der Waals surface area contributed by atoms with Crippen LogP contribution in [0.5, 0.6) is 0 Å². The molecule has 1 aliphatic carbocycles. The van der Waals surface area contributed by atoms with Crippen molar-refractivity contribution in [1.82, 2.24) is 0 Å². The molecule has 0 amide bonds. The van der Waals surface area contributed by atoms with Crippen molar-refractivity contribution >= 4 is 0 Å². The Kier molecular flexibility index (Phi) is 4.19. The number of aliphatic hydroxyl groups excluding tert-OH is 1. The van der Waals surface area contributed by atoms with E-state index in [1.54, 1.807) is 0 Å². The molecule has 2 nitrogen and oxygen atoms in total. The summed E-state index contributed by atoms with van der Waals surface area (Å²) in [5, 5.41) is 10.2. The average Bonchev–Trinajstić information content (AvgIpc) is 3.17. The van der Waals surface area contributed by atoms with Gasteiger partial charge in [0.2, 0.25) is 0 Å². The third-order valence-corrected chi connectivity index (χ3v) is 4.40. The molecule has 2 atom stereocenters. The Hall–Kier alpha value is -0.860. The second-order valence-corrected chi connectivity index (χ2v) is 6.02. The summed E-state index contributed by atoms with van der Waals surface area (Å²) in [6.45, 7) is 0.926. The van der Waals surface area contributed by atoms with Crippen LogP contribution < -0.4 is 0 Å². The summed E-state index contributed by atoms with van der Waals surface area (Å²) in [5.74, 6) is 0.797. The fourth-order valence-corrected chi connectivity index (χ4v) is 2.98. The molecule has 2 unspecified atom stereocenters. The highest BCUT2D eigenvalue weighted by Gasteiger charge is 2.23. The van der Waals surface area contributed by atoms with Crippen LogP contribution in [0.3, 0.4) is 0 Å². The Bertz CT molecular complexity index is 388. The molecule has 2 aliphatic rings. The smallest absolute Gasteiger partial charge is 0.0790 e. The molecule has 0 spiro atoms. The molecule has 1 N–H and O–H groups in total. The quantitative estimate of drug-likeness (QED) is 0.839. The highest BCUT2D eigenvalue weighted by atomic mass is 16.5. The van der Waals surface area contributed by atoms with Gasteiger partial charge >= 0.3 is 0 Å². The maximum absolute atomic E-state index is 10.2. The third kappa shape index (κ3) is 3.58. The Balaban J connectivity index is 1.44. The number of hydrogen-bond donors (Lipinski definition) is 1. The van der Waals surface area contributed by atoms with Crippen molar-refractivity contribution < 1.29 is 9.84 Å². The second-order valence-electron chi connectivity index (χ2n) is 6.02. The molecule has 0 aromatic heterocycles. The Morgan fingerprint density at radius 1 is 1.16 bits per heavy atom. The van der Waals surface area contributed by atoms with Crippen molar-refractivity contribution in [2.24, 2.45) is 0 Å². The molecule has 0 bridgehead atoms. The van der Waals surface area contributed by atoms with E-state index in [9.17, 15) is 5.11 Å². The van der Waals surface area contributed by atoms with Gasteiger partial charge in [0.05, 0.1) is 12.2 Å². The van der Waals surface area contributed by atoms with Gasteiger partial charge in [-0.25, -0.2) is 0 Å². The minimum absolute atomic E-state index is 0.311. The van der Waals surface area contributed by atoms with Crippen molar-refractivity contribution in [3.8, 4) is 0 Å². The van der Waals surface area contributed by atoms with Crippen LogP contribution >= 0.6 is 0 Å². The molecule has 2 heteroatoms. The first kappa shape index (κ1) is 13.1. The van der Waals surface area contributed by atoms with Gasteiger partial charge in [-0.15, -0.1) is 0 Å². The van der Waals surface area contributed by atoms with E-state index in [0.717, 1.165) is 37.4 Å². The van der Waals surface area contributed by atoms with Crippen LogP contribution in [0.2, 0.25) is 0 Å². The predicted octanol–water partition coefficient (Wildman–Crippen LogP) is 3.95. The molecular weight excluding hydrogens is 236 g/mol. The molecule has 1 aromatic rings. The highest BCUT2D eigenvalue weighted by molar-refractivity contribution is 5.29. The minimum atomic E-state index is -0.311. The maximum Gasteiger partial charge on any atom is 0.0790 e. The van der Waals surface area contributed by atoms with Crippen LogP contribution in [0.15, 0.2) is 24.3 Å². The topological polar surface area (TPSA) is 29.5 Å². The summed E-state index contributed by atoms with van der Waals surface area (Å²) in [4.78, 5) is 0. The van der Waals surface area contributed by atoms with E-state index in [2.05, 4.69) is 24.3 Å². The average molecular weight is 260 g/mol. The van der Waals surface area contributed by atoms with Crippen molar-refractivity contribution in [2.45, 2.75) is 63.1 Å². The summed E-state index contributed by atoms with van der Waals surface area (Å²) in [6.07, 6.45) is 8.21. The van der Waals surface area contributed by atoms with Crippen LogP contribution in [0.25, 0.3) is 0 Å². The Morgan fingerprint density at radius 2 is 1.95 bits per heavy atom. The molecular formula is C17H24O2. The molecule has 19 heavy (non-hydrogen) atoms. The molecule has 1 aromatic carbocycles. The van der Waals surface area contributed by atoms with Crippen LogP contribution in [0.4, 0.5) is 0 Å². The summed E-state index contributed by atoms with van der Waals surface area (Å²) >= 11 is 0. The Morgan fingerprint density at radius 3 is 2.58 bits per heavy atom. The summed E-state index contributed by atoms with van der Waals surface area (Å²) in [6, 6.07) is 8.58. The molecule has 0 radical (unpaired) electrons. The van der Waals surface area contributed by atoms with E-state index in [-0.39, 0.29) is 6.10 Å². The lowest BCUT2D eigenvalue weighted by atomic mass is 10.00. The van der Waals surface area contributed by atoms with Gasteiger partial charge in [0.25, 0.3) is 0 Å². The minimum Gasteiger partial charge on any atom is -0.388 e. The van der Waals surface area contributed by atoms with E-state index in [0.29, 0.717) is 6.10 Å². The zero-order valence-corrected chi connectivity index (χ0v) is 11.6. The summed E-state index contributed by atoms with van der Waals surface area (Å²) < 4.78 is 5.61. The fraction of sp³-hybridized carbons (Fsp3) is 0.647. The van der Waals surface area contributed by atoms with Gasteiger partial charge in [0.15, 0.2) is 0 Å². The molecule has 1 saturated heterocycles. The largest absolute Gasteiger partial charge is 0.388 e. The lowest BCUT2D eigenvalue weighted by Gasteiger charge is -2.13. The van der Waals surface area contributed by atoms with Crippen LogP contribution in [-0.2, 0) is 4.74 Å². The van der Waals surface area contributed by atoms with Gasteiger partial charge in [-0.05, 0) is 62.0 Å². The molecule has 2 fully saturated rings. The zero-order valence-electron chi connectivity index (χ0n) is 11.6. The standard InChI is InChI=1S/C17H24O2/c18-17(5-1-3-16-4-2-12-19-16)15-10-8-14(9-11-15)13-6-7-13/h8-11,13,16-18H,1-7,12H2.